The fraction of sp³-hybridized carbons (Fsp3) is 0.579. The van der Waals surface area contributed by atoms with Gasteiger partial charge < -0.3 is 25.0 Å². The van der Waals surface area contributed by atoms with Crippen LogP contribution in [-0.2, 0) is 9.59 Å². The van der Waals surface area contributed by atoms with Gasteiger partial charge in [0.25, 0.3) is 0 Å². The summed E-state index contributed by atoms with van der Waals surface area (Å²) in [5, 5.41) is 0. The summed E-state index contributed by atoms with van der Waals surface area (Å²) in [6.07, 6.45) is 1.16. The van der Waals surface area contributed by atoms with E-state index in [1.54, 1.807) is 37.3 Å². The van der Waals surface area contributed by atoms with E-state index in [1.165, 1.54) is 0 Å². The van der Waals surface area contributed by atoms with Crippen molar-refractivity contribution >= 4 is 17.5 Å². The molecule has 7 heteroatoms. The quantitative estimate of drug-likeness (QED) is 0.853. The lowest BCUT2D eigenvalue weighted by atomic mass is 10.1. The molecule has 1 aromatic rings. The Morgan fingerprint density at radius 3 is 2.38 bits per heavy atom. The lowest BCUT2D eigenvalue weighted by Crippen LogP contribution is -2.40. The van der Waals surface area contributed by atoms with E-state index in [2.05, 4.69) is 6.92 Å². The number of carbonyl (C=O) groups is 2. The molecule has 2 amide bonds. The van der Waals surface area contributed by atoms with E-state index in [0.717, 1.165) is 6.42 Å². The van der Waals surface area contributed by atoms with Crippen molar-refractivity contribution in [3.8, 4) is 11.5 Å². The van der Waals surface area contributed by atoms with E-state index in [9.17, 15) is 9.59 Å². The molecule has 3 atom stereocenters. The van der Waals surface area contributed by atoms with Gasteiger partial charge in [0.15, 0.2) is 0 Å². The van der Waals surface area contributed by atoms with Crippen LogP contribution in [0.4, 0.5) is 5.69 Å². The van der Waals surface area contributed by atoms with Crippen molar-refractivity contribution in [2.24, 2.45) is 17.6 Å². The Hall–Kier alpha value is -2.28. The third-order valence-electron chi connectivity index (χ3n) is 5.40. The van der Waals surface area contributed by atoms with Crippen LogP contribution >= 0.6 is 0 Å². The van der Waals surface area contributed by atoms with E-state index in [4.69, 9.17) is 15.2 Å². The Bertz CT molecular complexity index is 671. The summed E-state index contributed by atoms with van der Waals surface area (Å²) in [5.41, 5.74) is 6.45. The van der Waals surface area contributed by atoms with Gasteiger partial charge >= 0.3 is 0 Å². The molecule has 2 aliphatic heterocycles. The smallest absolute Gasteiger partial charge is 0.228 e. The van der Waals surface area contributed by atoms with E-state index < -0.39 is 0 Å². The molecule has 0 radical (unpaired) electrons. The van der Waals surface area contributed by atoms with Gasteiger partial charge in [0.05, 0.1) is 25.8 Å². The summed E-state index contributed by atoms with van der Waals surface area (Å²) in [5.74, 6) is 1.25. The van der Waals surface area contributed by atoms with Crippen molar-refractivity contribution in [1.29, 1.82) is 0 Å². The minimum Gasteiger partial charge on any atom is -0.497 e. The van der Waals surface area contributed by atoms with Crippen molar-refractivity contribution in [3.63, 3.8) is 0 Å². The molecule has 7 nitrogen and oxygen atoms in total. The molecule has 2 aliphatic rings. The van der Waals surface area contributed by atoms with Crippen LogP contribution < -0.4 is 20.1 Å². The van der Waals surface area contributed by atoms with Crippen LogP contribution in [0.1, 0.15) is 19.8 Å². The maximum atomic E-state index is 12.9. The van der Waals surface area contributed by atoms with Gasteiger partial charge in [0.1, 0.15) is 11.5 Å². The molecule has 1 aromatic carbocycles. The van der Waals surface area contributed by atoms with Crippen LogP contribution in [0.25, 0.3) is 0 Å². The highest BCUT2D eigenvalue weighted by atomic mass is 16.5. The molecule has 2 N–H and O–H groups in total. The second-order valence-corrected chi connectivity index (χ2v) is 7.15. The number of benzene rings is 1. The molecule has 0 aromatic heterocycles. The summed E-state index contributed by atoms with van der Waals surface area (Å²) in [6.45, 7) is 3.71. The van der Waals surface area contributed by atoms with Crippen molar-refractivity contribution in [2.45, 2.75) is 25.8 Å². The Kier molecular flexibility index (Phi) is 5.36. The van der Waals surface area contributed by atoms with Gasteiger partial charge in [-0.25, -0.2) is 0 Å². The predicted molar refractivity (Wildman–Crippen MR) is 98.3 cm³/mol. The summed E-state index contributed by atoms with van der Waals surface area (Å²) >= 11 is 0. The summed E-state index contributed by atoms with van der Waals surface area (Å²) in [6, 6.07) is 5.51. The summed E-state index contributed by atoms with van der Waals surface area (Å²) in [7, 11) is 3.14. The first-order valence-corrected chi connectivity index (χ1v) is 9.00. The van der Waals surface area contributed by atoms with Crippen LogP contribution in [0.3, 0.4) is 0 Å². The molecule has 2 saturated heterocycles. The number of rotatable bonds is 5. The number of nitrogens with zero attached hydrogens (tertiary/aromatic N) is 2. The normalized spacial score (nSPS) is 25.7. The third kappa shape index (κ3) is 3.49. The molecule has 0 saturated carbocycles. The average Bonchev–Trinajstić information content (AvgIpc) is 3.23. The van der Waals surface area contributed by atoms with Gasteiger partial charge in [-0.2, -0.15) is 0 Å². The van der Waals surface area contributed by atoms with Gasteiger partial charge in [-0.3, -0.25) is 9.59 Å². The molecule has 2 fully saturated rings. The molecule has 3 rings (SSSR count). The fourth-order valence-electron chi connectivity index (χ4n) is 3.93. The first kappa shape index (κ1) is 18.5. The number of carbonyl (C=O) groups excluding carboxylic acids is 2. The highest BCUT2D eigenvalue weighted by Gasteiger charge is 2.41. The highest BCUT2D eigenvalue weighted by molar-refractivity contribution is 6.00. The Balaban J connectivity index is 1.76. The van der Waals surface area contributed by atoms with E-state index in [1.807, 2.05) is 4.90 Å². The molecule has 2 heterocycles. The number of likely N-dealkylation sites (tertiary alicyclic amines) is 1. The number of nitrogens with two attached hydrogens (primary N) is 1. The SMILES string of the molecule is COc1cc(OC)cc(N2CC(C(=O)N3CC(CN)CC3C)CC2=O)c1. The minimum absolute atomic E-state index is 0.0547. The van der Waals surface area contributed by atoms with Crippen LogP contribution in [0.15, 0.2) is 18.2 Å². The molecular weight excluding hydrogens is 334 g/mol. The zero-order valence-electron chi connectivity index (χ0n) is 15.6. The maximum Gasteiger partial charge on any atom is 0.228 e. The zero-order chi connectivity index (χ0) is 18.8. The molecule has 0 aliphatic carbocycles. The van der Waals surface area contributed by atoms with Gasteiger partial charge in [-0.05, 0) is 25.8 Å². The highest BCUT2D eigenvalue weighted by Crippen LogP contribution is 2.34. The molecule has 0 spiro atoms. The number of ether oxygens (including phenoxy) is 2. The second-order valence-electron chi connectivity index (χ2n) is 7.15. The van der Waals surface area contributed by atoms with Gasteiger partial charge in [-0.1, -0.05) is 0 Å². The van der Waals surface area contributed by atoms with Gasteiger partial charge in [0.2, 0.25) is 11.8 Å². The first-order chi connectivity index (χ1) is 12.5. The van der Waals surface area contributed by atoms with Crippen molar-refractivity contribution in [3.05, 3.63) is 18.2 Å². The molecule has 3 unspecified atom stereocenters. The lowest BCUT2D eigenvalue weighted by molar-refractivity contribution is -0.136. The van der Waals surface area contributed by atoms with E-state index in [-0.39, 0.29) is 30.2 Å². The topological polar surface area (TPSA) is 85.1 Å². The Morgan fingerprint density at radius 2 is 1.85 bits per heavy atom. The van der Waals surface area contributed by atoms with Crippen LogP contribution in [0.2, 0.25) is 0 Å². The minimum atomic E-state index is -0.321. The number of hydrogen-bond donors (Lipinski definition) is 1. The number of hydrogen-bond acceptors (Lipinski definition) is 5. The average molecular weight is 361 g/mol. The zero-order valence-corrected chi connectivity index (χ0v) is 15.6. The first-order valence-electron chi connectivity index (χ1n) is 9.00. The third-order valence-corrected chi connectivity index (χ3v) is 5.40. The fourth-order valence-corrected chi connectivity index (χ4v) is 3.93. The number of methoxy groups -OCH3 is 2. The van der Waals surface area contributed by atoms with Crippen LogP contribution in [0.5, 0.6) is 11.5 Å². The lowest BCUT2D eigenvalue weighted by Gasteiger charge is -2.25. The standard InChI is InChI=1S/C19H27N3O4/c1-12-4-13(9-20)10-21(12)19(24)14-5-18(23)22(11-14)15-6-16(25-2)8-17(7-15)26-3/h6-8,12-14H,4-5,9-11,20H2,1-3H3. The van der Waals surface area contributed by atoms with Crippen molar-refractivity contribution in [1.82, 2.24) is 4.90 Å². The second kappa shape index (κ2) is 7.53. The summed E-state index contributed by atoms with van der Waals surface area (Å²) in [4.78, 5) is 29.0. The molecule has 142 valence electrons. The number of amides is 2. The van der Waals surface area contributed by atoms with Gasteiger partial charge in [0, 0.05) is 43.8 Å². The molecule has 0 bridgehead atoms. The monoisotopic (exact) mass is 361 g/mol. The Morgan fingerprint density at radius 1 is 1.19 bits per heavy atom. The van der Waals surface area contributed by atoms with Crippen LogP contribution in [-0.4, -0.2) is 56.6 Å². The molecular formula is C19H27N3O4. The predicted octanol–water partition coefficient (Wildman–Crippen LogP) is 1.25. The maximum absolute atomic E-state index is 12.9. The van der Waals surface area contributed by atoms with Crippen LogP contribution in [0, 0.1) is 11.8 Å². The largest absolute Gasteiger partial charge is 0.497 e. The molecule has 26 heavy (non-hydrogen) atoms. The van der Waals surface area contributed by atoms with Crippen molar-refractivity contribution < 1.29 is 19.1 Å². The van der Waals surface area contributed by atoms with Crippen molar-refractivity contribution in [2.75, 3.05) is 38.8 Å². The Labute approximate surface area is 154 Å². The van der Waals surface area contributed by atoms with E-state index >= 15 is 0 Å². The van der Waals surface area contributed by atoms with Gasteiger partial charge in [-0.15, -0.1) is 0 Å². The van der Waals surface area contributed by atoms with E-state index in [0.29, 0.717) is 42.7 Å². The number of anilines is 1. The summed E-state index contributed by atoms with van der Waals surface area (Å²) < 4.78 is 10.6.